The van der Waals surface area contributed by atoms with E-state index in [9.17, 15) is 4.79 Å². The molecular weight excluding hydrogens is 376 g/mol. The van der Waals surface area contributed by atoms with Crippen molar-refractivity contribution in [1.82, 2.24) is 10.2 Å². The van der Waals surface area contributed by atoms with E-state index in [0.29, 0.717) is 12.1 Å². The molecule has 0 saturated carbocycles. The lowest BCUT2D eigenvalue weighted by Crippen LogP contribution is -2.43. The van der Waals surface area contributed by atoms with E-state index in [1.807, 2.05) is 24.3 Å². The Morgan fingerprint density at radius 2 is 2.17 bits per heavy atom. The lowest BCUT2D eigenvalue weighted by atomic mass is 10.1. The number of benzene rings is 1. The molecule has 4 nitrogen and oxygen atoms in total. The maximum Gasteiger partial charge on any atom is 0.251 e. The summed E-state index contributed by atoms with van der Waals surface area (Å²) < 4.78 is 6.35. The number of halogens is 1. The highest BCUT2D eigenvalue weighted by Crippen LogP contribution is 2.23. The standard InChI is InChI=1S/C17H19BrN2O2S/c18-15-3-1-2-13(10-15)17(21)19-11-16(14-4-9-23-12-14)20-5-7-22-8-6-20/h1-4,9-10,12,16H,5-8,11H2,(H,19,21). The lowest BCUT2D eigenvalue weighted by molar-refractivity contribution is 0.0163. The van der Waals surface area contributed by atoms with Crippen LogP contribution in [0.3, 0.4) is 0 Å². The van der Waals surface area contributed by atoms with Crippen LogP contribution >= 0.6 is 27.3 Å². The summed E-state index contributed by atoms with van der Waals surface area (Å²) >= 11 is 5.09. The van der Waals surface area contributed by atoms with Gasteiger partial charge in [0.1, 0.15) is 0 Å². The van der Waals surface area contributed by atoms with Crippen molar-refractivity contribution in [3.05, 3.63) is 56.7 Å². The van der Waals surface area contributed by atoms with E-state index in [4.69, 9.17) is 4.74 Å². The highest BCUT2D eigenvalue weighted by Gasteiger charge is 2.23. The Hall–Kier alpha value is -1.21. The number of ether oxygens (including phenoxy) is 1. The first-order valence-corrected chi connectivity index (χ1v) is 9.35. The molecule has 1 N–H and O–H groups in total. The predicted molar refractivity (Wildman–Crippen MR) is 95.9 cm³/mol. The summed E-state index contributed by atoms with van der Waals surface area (Å²) in [6.07, 6.45) is 0. The summed E-state index contributed by atoms with van der Waals surface area (Å²) in [4.78, 5) is 14.8. The molecule has 2 heterocycles. The first-order valence-electron chi connectivity index (χ1n) is 7.62. The molecule has 2 aromatic rings. The fourth-order valence-corrected chi connectivity index (χ4v) is 3.84. The molecule has 1 aromatic heterocycles. The first-order chi connectivity index (χ1) is 11.2. The second kappa shape index (κ2) is 8.06. The van der Waals surface area contributed by atoms with E-state index in [1.165, 1.54) is 5.56 Å². The Morgan fingerprint density at radius 1 is 1.35 bits per heavy atom. The van der Waals surface area contributed by atoms with Crippen LogP contribution in [0.1, 0.15) is 22.0 Å². The third kappa shape index (κ3) is 4.41. The van der Waals surface area contributed by atoms with E-state index in [2.05, 4.69) is 43.0 Å². The zero-order valence-electron chi connectivity index (χ0n) is 12.7. The summed E-state index contributed by atoms with van der Waals surface area (Å²) in [6, 6.07) is 9.78. The number of nitrogens with zero attached hydrogens (tertiary/aromatic N) is 1. The topological polar surface area (TPSA) is 41.6 Å². The Morgan fingerprint density at radius 3 is 2.87 bits per heavy atom. The Kier molecular flexibility index (Phi) is 5.83. The maximum absolute atomic E-state index is 12.4. The summed E-state index contributed by atoms with van der Waals surface area (Å²) in [5, 5.41) is 7.31. The molecule has 23 heavy (non-hydrogen) atoms. The minimum Gasteiger partial charge on any atom is -0.379 e. The highest BCUT2D eigenvalue weighted by atomic mass is 79.9. The van der Waals surface area contributed by atoms with Gasteiger partial charge in [-0.2, -0.15) is 11.3 Å². The Labute approximate surface area is 148 Å². The Bertz CT molecular complexity index is 642. The molecule has 1 amide bonds. The van der Waals surface area contributed by atoms with Crippen LogP contribution in [0, 0.1) is 0 Å². The fourth-order valence-electron chi connectivity index (χ4n) is 2.73. The van der Waals surface area contributed by atoms with Crippen LogP contribution in [-0.4, -0.2) is 43.7 Å². The maximum atomic E-state index is 12.4. The molecule has 0 radical (unpaired) electrons. The van der Waals surface area contributed by atoms with E-state index in [0.717, 1.165) is 30.8 Å². The zero-order chi connectivity index (χ0) is 16.1. The summed E-state index contributed by atoms with van der Waals surface area (Å²) in [5.41, 5.74) is 1.93. The minimum atomic E-state index is -0.0419. The van der Waals surface area contributed by atoms with Gasteiger partial charge in [-0.05, 0) is 40.6 Å². The van der Waals surface area contributed by atoms with Crippen molar-refractivity contribution in [2.45, 2.75) is 6.04 Å². The molecule has 1 aromatic carbocycles. The molecule has 1 saturated heterocycles. The number of thiophene rings is 1. The van der Waals surface area contributed by atoms with Gasteiger partial charge in [0.15, 0.2) is 0 Å². The largest absolute Gasteiger partial charge is 0.379 e. The van der Waals surface area contributed by atoms with Crippen LogP contribution in [0.15, 0.2) is 45.6 Å². The molecule has 1 aliphatic heterocycles. The normalized spacial score (nSPS) is 16.9. The van der Waals surface area contributed by atoms with Gasteiger partial charge in [0, 0.05) is 29.7 Å². The van der Waals surface area contributed by atoms with Crippen LogP contribution in [0.25, 0.3) is 0 Å². The van der Waals surface area contributed by atoms with Gasteiger partial charge in [-0.15, -0.1) is 0 Å². The van der Waals surface area contributed by atoms with Crippen LogP contribution in [0.2, 0.25) is 0 Å². The number of hydrogen-bond acceptors (Lipinski definition) is 4. The fraction of sp³-hybridized carbons (Fsp3) is 0.353. The molecule has 0 aliphatic carbocycles. The van der Waals surface area contributed by atoms with E-state index in [-0.39, 0.29) is 11.9 Å². The molecular formula is C17H19BrN2O2S. The van der Waals surface area contributed by atoms with Gasteiger partial charge in [-0.25, -0.2) is 0 Å². The zero-order valence-corrected chi connectivity index (χ0v) is 15.1. The van der Waals surface area contributed by atoms with Gasteiger partial charge in [-0.3, -0.25) is 9.69 Å². The van der Waals surface area contributed by atoms with Gasteiger partial charge in [0.2, 0.25) is 0 Å². The quantitative estimate of drug-likeness (QED) is 0.845. The van der Waals surface area contributed by atoms with Crippen molar-refractivity contribution in [2.75, 3.05) is 32.8 Å². The molecule has 6 heteroatoms. The molecule has 122 valence electrons. The highest BCUT2D eigenvalue weighted by molar-refractivity contribution is 9.10. The smallest absolute Gasteiger partial charge is 0.251 e. The SMILES string of the molecule is O=C(NCC(c1ccsc1)N1CCOCC1)c1cccc(Br)c1. The second-order valence-corrected chi connectivity index (χ2v) is 7.14. The van der Waals surface area contributed by atoms with Gasteiger partial charge >= 0.3 is 0 Å². The minimum absolute atomic E-state index is 0.0419. The molecule has 3 rings (SSSR count). The monoisotopic (exact) mass is 394 g/mol. The molecule has 1 fully saturated rings. The number of rotatable bonds is 5. The van der Waals surface area contributed by atoms with Gasteiger partial charge in [-0.1, -0.05) is 22.0 Å². The molecule has 0 spiro atoms. The third-order valence-electron chi connectivity index (χ3n) is 3.96. The van der Waals surface area contributed by atoms with Gasteiger partial charge in [0.05, 0.1) is 19.3 Å². The van der Waals surface area contributed by atoms with Crippen LogP contribution in [0.5, 0.6) is 0 Å². The number of nitrogens with one attached hydrogen (secondary N) is 1. The first kappa shape index (κ1) is 16.6. The van der Waals surface area contributed by atoms with Crippen molar-refractivity contribution < 1.29 is 9.53 Å². The molecule has 1 aliphatic rings. The summed E-state index contributed by atoms with van der Waals surface area (Å²) in [5.74, 6) is -0.0419. The number of amides is 1. The summed E-state index contributed by atoms with van der Waals surface area (Å²) in [7, 11) is 0. The number of morpholine rings is 1. The average molecular weight is 395 g/mol. The molecule has 1 unspecified atom stereocenters. The van der Waals surface area contributed by atoms with Crippen LogP contribution < -0.4 is 5.32 Å². The van der Waals surface area contributed by atoms with Crippen LogP contribution in [0.4, 0.5) is 0 Å². The van der Waals surface area contributed by atoms with Gasteiger partial charge in [0.25, 0.3) is 5.91 Å². The number of carbonyl (C=O) groups excluding carboxylic acids is 1. The van der Waals surface area contributed by atoms with Gasteiger partial charge < -0.3 is 10.1 Å². The van der Waals surface area contributed by atoms with Crippen molar-refractivity contribution in [1.29, 1.82) is 0 Å². The number of hydrogen-bond donors (Lipinski definition) is 1. The van der Waals surface area contributed by atoms with Crippen molar-refractivity contribution in [3.8, 4) is 0 Å². The van der Waals surface area contributed by atoms with E-state index >= 15 is 0 Å². The van der Waals surface area contributed by atoms with E-state index < -0.39 is 0 Å². The van der Waals surface area contributed by atoms with Crippen LogP contribution in [-0.2, 0) is 4.74 Å². The predicted octanol–water partition coefficient (Wildman–Crippen LogP) is 3.31. The molecule has 1 atom stereocenters. The lowest BCUT2D eigenvalue weighted by Gasteiger charge is -2.34. The van der Waals surface area contributed by atoms with Crippen molar-refractivity contribution >= 4 is 33.2 Å². The summed E-state index contributed by atoms with van der Waals surface area (Å²) in [6.45, 7) is 3.89. The number of carbonyl (C=O) groups is 1. The average Bonchev–Trinajstić information content (AvgIpc) is 3.10. The Balaban J connectivity index is 1.67. The third-order valence-corrected chi connectivity index (χ3v) is 5.15. The van der Waals surface area contributed by atoms with Crippen molar-refractivity contribution in [2.24, 2.45) is 0 Å². The second-order valence-electron chi connectivity index (χ2n) is 5.44. The molecule has 0 bridgehead atoms. The van der Waals surface area contributed by atoms with E-state index in [1.54, 1.807) is 11.3 Å². The van der Waals surface area contributed by atoms with Crippen molar-refractivity contribution in [3.63, 3.8) is 0 Å².